The van der Waals surface area contributed by atoms with Crippen LogP contribution in [0.15, 0.2) is 41.5 Å². The Balaban J connectivity index is 2.09. The molecule has 0 aliphatic carbocycles. The van der Waals surface area contributed by atoms with Crippen molar-refractivity contribution in [3.05, 3.63) is 47.0 Å². The van der Waals surface area contributed by atoms with E-state index in [1.807, 2.05) is 6.92 Å². The van der Waals surface area contributed by atoms with Gasteiger partial charge in [-0.3, -0.25) is 4.79 Å². The number of pyridine rings is 1. The normalized spacial score (nSPS) is 11.5. The number of alkyl halides is 3. The summed E-state index contributed by atoms with van der Waals surface area (Å²) in [7, 11) is 0. The van der Waals surface area contributed by atoms with Gasteiger partial charge in [0.1, 0.15) is 5.75 Å². The van der Waals surface area contributed by atoms with Crippen LogP contribution in [0.1, 0.15) is 6.92 Å². The first-order chi connectivity index (χ1) is 11.9. The van der Waals surface area contributed by atoms with Crippen LogP contribution in [0.3, 0.4) is 0 Å². The van der Waals surface area contributed by atoms with E-state index in [1.54, 1.807) is 6.20 Å². The van der Waals surface area contributed by atoms with Crippen LogP contribution in [0.4, 0.5) is 19.1 Å². The quantitative estimate of drug-likeness (QED) is 0.755. The van der Waals surface area contributed by atoms with E-state index in [-0.39, 0.29) is 11.3 Å². The fourth-order valence-corrected chi connectivity index (χ4v) is 2.35. The molecular formula is C16H13F3N4O2. The molecule has 2 N–H and O–H groups in total. The zero-order chi connectivity index (χ0) is 18.0. The minimum Gasteiger partial charge on any atom is -0.406 e. The van der Waals surface area contributed by atoms with Crippen LogP contribution in [0.2, 0.25) is 0 Å². The van der Waals surface area contributed by atoms with E-state index in [4.69, 9.17) is 0 Å². The molecule has 0 saturated carbocycles. The highest BCUT2D eigenvalue weighted by Gasteiger charge is 2.31. The maximum atomic E-state index is 12.3. The van der Waals surface area contributed by atoms with Crippen molar-refractivity contribution in [2.45, 2.75) is 13.3 Å². The van der Waals surface area contributed by atoms with E-state index in [0.29, 0.717) is 29.0 Å². The average molecular weight is 350 g/mol. The zero-order valence-electron chi connectivity index (χ0n) is 13.0. The molecule has 0 bridgehead atoms. The Kier molecular flexibility index (Phi) is 4.30. The van der Waals surface area contributed by atoms with Gasteiger partial charge in [-0.1, -0.05) is 12.1 Å². The van der Waals surface area contributed by atoms with Crippen LogP contribution in [-0.2, 0) is 0 Å². The number of hydrogen-bond donors (Lipinski definition) is 2. The first kappa shape index (κ1) is 16.7. The molecule has 0 saturated heterocycles. The lowest BCUT2D eigenvalue weighted by Crippen LogP contribution is -2.17. The van der Waals surface area contributed by atoms with Gasteiger partial charge in [0.25, 0.3) is 5.56 Å². The number of aromatic nitrogens is 3. The number of halogens is 3. The number of benzene rings is 1. The van der Waals surface area contributed by atoms with Crippen molar-refractivity contribution < 1.29 is 17.9 Å². The standard InChI is InChI=1S/C16H13F3N4O2/c1-2-20-15-22-8-10-7-21-14(24)12(13(10)23-15)9-3-5-11(6-4-9)25-16(17,18)19/h3-8H,2H2,1H3,(H,21,24)(H,20,22,23). The van der Waals surface area contributed by atoms with Crippen molar-refractivity contribution >= 4 is 16.9 Å². The lowest BCUT2D eigenvalue weighted by molar-refractivity contribution is -0.274. The molecule has 0 amide bonds. The van der Waals surface area contributed by atoms with Gasteiger partial charge in [0.15, 0.2) is 0 Å². The van der Waals surface area contributed by atoms with E-state index in [0.717, 1.165) is 12.1 Å². The summed E-state index contributed by atoms with van der Waals surface area (Å²) in [4.78, 5) is 23.3. The van der Waals surface area contributed by atoms with Gasteiger partial charge in [-0.15, -0.1) is 13.2 Å². The summed E-state index contributed by atoms with van der Waals surface area (Å²) in [5, 5.41) is 3.56. The van der Waals surface area contributed by atoms with Crippen LogP contribution < -0.4 is 15.6 Å². The zero-order valence-corrected chi connectivity index (χ0v) is 13.0. The van der Waals surface area contributed by atoms with E-state index in [9.17, 15) is 18.0 Å². The average Bonchev–Trinajstić information content (AvgIpc) is 2.55. The third-order valence-corrected chi connectivity index (χ3v) is 3.35. The molecule has 0 aliphatic rings. The Morgan fingerprint density at radius 2 is 1.96 bits per heavy atom. The third kappa shape index (κ3) is 3.70. The van der Waals surface area contributed by atoms with E-state index < -0.39 is 11.9 Å². The van der Waals surface area contributed by atoms with Gasteiger partial charge in [-0.25, -0.2) is 9.97 Å². The Hall–Kier alpha value is -3.10. The van der Waals surface area contributed by atoms with Gasteiger partial charge in [-0.05, 0) is 24.6 Å². The molecule has 0 aliphatic heterocycles. The molecule has 0 fully saturated rings. The molecule has 0 unspecified atom stereocenters. The van der Waals surface area contributed by atoms with Gasteiger partial charge in [0.2, 0.25) is 5.95 Å². The van der Waals surface area contributed by atoms with Crippen LogP contribution in [-0.4, -0.2) is 27.9 Å². The molecule has 130 valence electrons. The third-order valence-electron chi connectivity index (χ3n) is 3.35. The minimum absolute atomic E-state index is 0.248. The molecule has 9 heteroatoms. The highest BCUT2D eigenvalue weighted by molar-refractivity contribution is 5.92. The maximum Gasteiger partial charge on any atom is 0.573 e. The molecule has 0 spiro atoms. The summed E-state index contributed by atoms with van der Waals surface area (Å²) >= 11 is 0. The summed E-state index contributed by atoms with van der Waals surface area (Å²) in [5.74, 6) is -0.00486. The molecule has 0 atom stereocenters. The number of ether oxygens (including phenoxy) is 1. The Morgan fingerprint density at radius 1 is 1.24 bits per heavy atom. The summed E-state index contributed by atoms with van der Waals surface area (Å²) < 4.78 is 40.6. The summed E-state index contributed by atoms with van der Waals surface area (Å²) in [5.41, 5.74) is 0.664. The second-order valence-electron chi connectivity index (χ2n) is 5.09. The first-order valence-electron chi connectivity index (χ1n) is 7.36. The summed E-state index contributed by atoms with van der Waals surface area (Å²) in [6, 6.07) is 5.04. The molecule has 25 heavy (non-hydrogen) atoms. The summed E-state index contributed by atoms with van der Waals surface area (Å²) in [6.45, 7) is 2.49. The van der Waals surface area contributed by atoms with Gasteiger partial charge in [0.05, 0.1) is 11.1 Å². The van der Waals surface area contributed by atoms with Crippen molar-refractivity contribution in [3.63, 3.8) is 0 Å². The number of nitrogens with zero attached hydrogens (tertiary/aromatic N) is 2. The molecule has 3 aromatic rings. The lowest BCUT2D eigenvalue weighted by atomic mass is 10.0. The smallest absolute Gasteiger partial charge is 0.406 e. The van der Waals surface area contributed by atoms with Crippen LogP contribution >= 0.6 is 0 Å². The van der Waals surface area contributed by atoms with Gasteiger partial charge in [-0.2, -0.15) is 0 Å². The largest absolute Gasteiger partial charge is 0.573 e. The van der Waals surface area contributed by atoms with E-state index >= 15 is 0 Å². The highest BCUT2D eigenvalue weighted by atomic mass is 19.4. The molecule has 2 heterocycles. The van der Waals surface area contributed by atoms with Crippen molar-refractivity contribution in [3.8, 4) is 16.9 Å². The number of hydrogen-bond acceptors (Lipinski definition) is 5. The van der Waals surface area contributed by atoms with Crippen molar-refractivity contribution in [1.82, 2.24) is 15.0 Å². The van der Waals surface area contributed by atoms with Gasteiger partial charge >= 0.3 is 6.36 Å². The molecular weight excluding hydrogens is 337 g/mol. The van der Waals surface area contributed by atoms with Gasteiger partial charge < -0.3 is 15.0 Å². The fraction of sp³-hybridized carbons (Fsp3) is 0.188. The predicted octanol–water partition coefficient (Wildman–Crippen LogP) is 3.32. The molecule has 6 nitrogen and oxygen atoms in total. The Bertz CT molecular complexity index is 952. The van der Waals surface area contributed by atoms with Crippen molar-refractivity contribution in [2.24, 2.45) is 0 Å². The number of aromatic amines is 1. The van der Waals surface area contributed by atoms with E-state index in [2.05, 4.69) is 25.0 Å². The highest BCUT2D eigenvalue weighted by Crippen LogP contribution is 2.28. The molecule has 0 radical (unpaired) electrons. The SMILES string of the molecule is CCNc1ncc2c[nH]c(=O)c(-c3ccc(OC(F)(F)F)cc3)c2n1. The van der Waals surface area contributed by atoms with E-state index in [1.165, 1.54) is 18.3 Å². The Labute approximate surface area is 139 Å². The van der Waals surface area contributed by atoms with Gasteiger partial charge in [0, 0.05) is 24.3 Å². The molecule has 1 aromatic carbocycles. The predicted molar refractivity (Wildman–Crippen MR) is 86.4 cm³/mol. The minimum atomic E-state index is -4.77. The number of nitrogens with one attached hydrogen (secondary N) is 2. The summed E-state index contributed by atoms with van der Waals surface area (Å²) in [6.07, 6.45) is -1.73. The number of fused-ring (bicyclic) bond motifs is 1. The van der Waals surface area contributed by atoms with Crippen molar-refractivity contribution in [2.75, 3.05) is 11.9 Å². The van der Waals surface area contributed by atoms with Crippen LogP contribution in [0.5, 0.6) is 5.75 Å². The molecule has 3 rings (SSSR count). The van der Waals surface area contributed by atoms with Crippen LogP contribution in [0.25, 0.3) is 22.0 Å². The second kappa shape index (κ2) is 6.42. The first-order valence-corrected chi connectivity index (χ1v) is 7.36. The number of anilines is 1. The molecule has 2 aromatic heterocycles. The topological polar surface area (TPSA) is 79.9 Å². The lowest BCUT2D eigenvalue weighted by Gasteiger charge is -2.10. The monoisotopic (exact) mass is 350 g/mol. The number of H-pyrrole nitrogens is 1. The Morgan fingerprint density at radius 3 is 2.60 bits per heavy atom. The fourth-order valence-electron chi connectivity index (χ4n) is 2.35. The number of rotatable bonds is 4. The second-order valence-corrected chi connectivity index (χ2v) is 5.09. The van der Waals surface area contributed by atoms with Crippen LogP contribution in [0, 0.1) is 0 Å². The van der Waals surface area contributed by atoms with Crippen molar-refractivity contribution in [1.29, 1.82) is 0 Å². The maximum absolute atomic E-state index is 12.3.